The van der Waals surface area contributed by atoms with Crippen LogP contribution >= 0.6 is 11.3 Å². The summed E-state index contributed by atoms with van der Waals surface area (Å²) in [5.41, 5.74) is 1.42. The summed E-state index contributed by atoms with van der Waals surface area (Å²) in [5, 5.41) is 1.20. The Kier molecular flexibility index (Phi) is 5.03. The van der Waals surface area contributed by atoms with Crippen LogP contribution in [0.3, 0.4) is 0 Å². The lowest BCUT2D eigenvalue weighted by Gasteiger charge is -2.35. The smallest absolute Gasteiger partial charge is 0.243 e. The normalized spacial score (nSPS) is 20.5. The van der Waals surface area contributed by atoms with E-state index in [1.807, 2.05) is 24.3 Å². The third kappa shape index (κ3) is 3.40. The number of piperazine rings is 1. The Balaban J connectivity index is 1.44. The number of hydrogen-bond donors (Lipinski definition) is 0. The van der Waals surface area contributed by atoms with Crippen molar-refractivity contribution in [3.63, 3.8) is 0 Å². The molecule has 0 bridgehead atoms. The maximum Gasteiger partial charge on any atom is 0.243 e. The summed E-state index contributed by atoms with van der Waals surface area (Å²) in [6.45, 7) is 6.46. The zero-order valence-corrected chi connectivity index (χ0v) is 19.0. The van der Waals surface area contributed by atoms with Gasteiger partial charge in [-0.05, 0) is 49.8 Å². The second-order valence-electron chi connectivity index (χ2n) is 8.33. The molecule has 0 saturated carbocycles. The van der Waals surface area contributed by atoms with E-state index in [0.29, 0.717) is 31.1 Å². The molecule has 0 spiro atoms. The van der Waals surface area contributed by atoms with Crippen LogP contribution in [0.4, 0.5) is 5.82 Å². The fourth-order valence-electron chi connectivity index (χ4n) is 4.54. The highest BCUT2D eigenvalue weighted by molar-refractivity contribution is 7.89. The van der Waals surface area contributed by atoms with E-state index in [1.54, 1.807) is 28.6 Å². The molecule has 1 aliphatic carbocycles. The maximum absolute atomic E-state index is 13.0. The van der Waals surface area contributed by atoms with Crippen LogP contribution in [-0.2, 0) is 22.9 Å². The number of nitrogens with zero attached hydrogens (tertiary/aromatic N) is 4. The molecule has 5 rings (SSSR count). The summed E-state index contributed by atoms with van der Waals surface area (Å²) < 4.78 is 27.5. The SMILES string of the molecule is Cc1nc(N2CCN(S(=O)(=O)c3ccccc3)CC2)c2c3c(sc2n1)C[C@@H](C)CC3. The van der Waals surface area contributed by atoms with Crippen LogP contribution in [0.1, 0.15) is 29.6 Å². The summed E-state index contributed by atoms with van der Waals surface area (Å²) >= 11 is 1.81. The number of rotatable bonds is 3. The number of aromatic nitrogens is 2. The lowest BCUT2D eigenvalue weighted by molar-refractivity contribution is 0.384. The third-order valence-electron chi connectivity index (χ3n) is 6.17. The average molecular weight is 443 g/mol. The highest BCUT2D eigenvalue weighted by Crippen LogP contribution is 2.41. The molecule has 2 aliphatic rings. The average Bonchev–Trinajstić information content (AvgIpc) is 3.10. The van der Waals surface area contributed by atoms with E-state index in [9.17, 15) is 8.42 Å². The summed E-state index contributed by atoms with van der Waals surface area (Å²) in [6.07, 6.45) is 3.41. The van der Waals surface area contributed by atoms with Crippen molar-refractivity contribution < 1.29 is 8.42 Å². The quantitative estimate of drug-likeness (QED) is 0.620. The second kappa shape index (κ2) is 7.59. The molecule has 8 heteroatoms. The van der Waals surface area contributed by atoms with E-state index in [4.69, 9.17) is 9.97 Å². The van der Waals surface area contributed by atoms with Crippen molar-refractivity contribution in [2.45, 2.75) is 38.0 Å². The predicted molar refractivity (Wildman–Crippen MR) is 121 cm³/mol. The van der Waals surface area contributed by atoms with Crippen molar-refractivity contribution in [3.8, 4) is 0 Å². The maximum atomic E-state index is 13.0. The molecule has 0 radical (unpaired) electrons. The highest BCUT2D eigenvalue weighted by atomic mass is 32.2. The minimum atomic E-state index is -3.45. The Bertz CT molecular complexity index is 1180. The molecule has 1 fully saturated rings. The minimum Gasteiger partial charge on any atom is -0.353 e. The van der Waals surface area contributed by atoms with E-state index < -0.39 is 10.0 Å². The predicted octanol–water partition coefficient (Wildman–Crippen LogP) is 3.64. The van der Waals surface area contributed by atoms with Gasteiger partial charge >= 0.3 is 0 Å². The topological polar surface area (TPSA) is 66.4 Å². The first kappa shape index (κ1) is 19.9. The number of thiophene rings is 1. The third-order valence-corrected chi connectivity index (χ3v) is 9.23. The molecule has 1 aromatic carbocycles. The summed E-state index contributed by atoms with van der Waals surface area (Å²) in [5.74, 6) is 2.49. The molecule has 0 unspecified atom stereocenters. The van der Waals surface area contributed by atoms with Crippen molar-refractivity contribution in [1.29, 1.82) is 0 Å². The van der Waals surface area contributed by atoms with E-state index in [0.717, 1.165) is 35.2 Å². The molecule has 2 aromatic heterocycles. The van der Waals surface area contributed by atoms with Crippen molar-refractivity contribution in [3.05, 3.63) is 46.6 Å². The number of sulfonamides is 1. The van der Waals surface area contributed by atoms with E-state index in [1.165, 1.54) is 22.2 Å². The standard InChI is InChI=1S/C22H26N4O2S2/c1-15-8-9-18-19(14-15)29-22-20(18)21(23-16(2)24-22)25-10-12-26(13-11-25)30(27,28)17-6-4-3-5-7-17/h3-7,15H,8-14H2,1-2H3/t15-/m0/s1. The van der Waals surface area contributed by atoms with E-state index in [2.05, 4.69) is 11.8 Å². The zero-order valence-electron chi connectivity index (χ0n) is 17.3. The number of anilines is 1. The molecule has 1 aliphatic heterocycles. The van der Waals surface area contributed by atoms with E-state index in [-0.39, 0.29) is 0 Å². The van der Waals surface area contributed by atoms with Crippen LogP contribution in [0.2, 0.25) is 0 Å². The van der Waals surface area contributed by atoms with Gasteiger partial charge in [-0.25, -0.2) is 18.4 Å². The Morgan fingerprint density at radius 3 is 2.53 bits per heavy atom. The largest absolute Gasteiger partial charge is 0.353 e. The van der Waals surface area contributed by atoms with Crippen molar-refractivity contribution in [2.75, 3.05) is 31.1 Å². The Morgan fingerprint density at radius 2 is 1.80 bits per heavy atom. The van der Waals surface area contributed by atoms with Gasteiger partial charge in [0.15, 0.2) is 0 Å². The van der Waals surface area contributed by atoms with Gasteiger partial charge in [-0.2, -0.15) is 4.31 Å². The van der Waals surface area contributed by atoms with Crippen molar-refractivity contribution in [1.82, 2.24) is 14.3 Å². The Labute approximate surface area is 181 Å². The summed E-state index contributed by atoms with van der Waals surface area (Å²) in [7, 11) is -3.45. The Morgan fingerprint density at radius 1 is 1.07 bits per heavy atom. The van der Waals surface area contributed by atoms with Crippen LogP contribution in [-0.4, -0.2) is 48.9 Å². The zero-order chi connectivity index (χ0) is 20.9. The number of fused-ring (bicyclic) bond motifs is 3. The van der Waals surface area contributed by atoms with Gasteiger partial charge in [0.25, 0.3) is 0 Å². The Hall–Kier alpha value is -2.03. The molecule has 1 saturated heterocycles. The molecule has 158 valence electrons. The first-order valence-electron chi connectivity index (χ1n) is 10.5. The molecule has 30 heavy (non-hydrogen) atoms. The minimum absolute atomic E-state index is 0.361. The van der Waals surface area contributed by atoms with Gasteiger partial charge in [-0.15, -0.1) is 11.3 Å². The molecule has 3 aromatic rings. The molecular formula is C22H26N4O2S2. The van der Waals surface area contributed by atoms with Crippen molar-refractivity contribution in [2.24, 2.45) is 5.92 Å². The lowest BCUT2D eigenvalue weighted by atomic mass is 9.89. The van der Waals surface area contributed by atoms with E-state index >= 15 is 0 Å². The molecule has 1 atom stereocenters. The van der Waals surface area contributed by atoms with Crippen LogP contribution < -0.4 is 4.90 Å². The fraction of sp³-hybridized carbons (Fsp3) is 0.455. The van der Waals surface area contributed by atoms with Gasteiger partial charge in [0, 0.05) is 31.1 Å². The number of benzene rings is 1. The van der Waals surface area contributed by atoms with Crippen LogP contribution in [0.5, 0.6) is 0 Å². The molecular weight excluding hydrogens is 416 g/mol. The molecule has 3 heterocycles. The summed E-state index contributed by atoms with van der Waals surface area (Å²) in [6, 6.07) is 8.70. The van der Waals surface area contributed by atoms with Gasteiger partial charge < -0.3 is 4.90 Å². The van der Waals surface area contributed by atoms with Gasteiger partial charge in [-0.3, -0.25) is 0 Å². The van der Waals surface area contributed by atoms with Gasteiger partial charge in [0.1, 0.15) is 16.5 Å². The van der Waals surface area contributed by atoms with Crippen molar-refractivity contribution >= 4 is 37.4 Å². The van der Waals surface area contributed by atoms with Gasteiger partial charge in [-0.1, -0.05) is 25.1 Å². The number of hydrogen-bond acceptors (Lipinski definition) is 6. The van der Waals surface area contributed by atoms with Crippen LogP contribution in [0.25, 0.3) is 10.2 Å². The van der Waals surface area contributed by atoms with Crippen LogP contribution in [0.15, 0.2) is 35.2 Å². The number of aryl methyl sites for hydroxylation is 2. The first-order valence-corrected chi connectivity index (χ1v) is 12.8. The molecule has 0 amide bonds. The fourth-order valence-corrected chi connectivity index (χ4v) is 7.40. The van der Waals surface area contributed by atoms with Crippen LogP contribution in [0, 0.1) is 12.8 Å². The van der Waals surface area contributed by atoms with Gasteiger partial charge in [0.05, 0.1) is 10.3 Å². The molecule has 6 nitrogen and oxygen atoms in total. The molecule has 0 N–H and O–H groups in total. The monoisotopic (exact) mass is 442 g/mol. The second-order valence-corrected chi connectivity index (χ2v) is 11.4. The van der Waals surface area contributed by atoms with Gasteiger partial charge in [0.2, 0.25) is 10.0 Å². The summed E-state index contributed by atoms with van der Waals surface area (Å²) in [4.78, 5) is 14.7. The lowest BCUT2D eigenvalue weighted by Crippen LogP contribution is -2.49. The first-order chi connectivity index (χ1) is 14.4. The highest BCUT2D eigenvalue weighted by Gasteiger charge is 2.31.